The van der Waals surface area contributed by atoms with Crippen LogP contribution in [0.4, 0.5) is 0 Å². The van der Waals surface area contributed by atoms with E-state index in [0.717, 1.165) is 17.3 Å². The summed E-state index contributed by atoms with van der Waals surface area (Å²) in [7, 11) is 1.32. The molecule has 1 heterocycles. The fourth-order valence-electron chi connectivity index (χ4n) is 1.89. The maximum atomic E-state index is 12.1. The molecule has 7 heteroatoms. The van der Waals surface area contributed by atoms with E-state index in [-0.39, 0.29) is 5.75 Å². The van der Waals surface area contributed by atoms with Gasteiger partial charge < -0.3 is 14.4 Å². The number of rotatable bonds is 6. The summed E-state index contributed by atoms with van der Waals surface area (Å²) in [6, 6.07) is 8.44. The first kappa shape index (κ1) is 15.1. The quantitative estimate of drug-likeness (QED) is 0.647. The van der Waals surface area contributed by atoms with Crippen molar-refractivity contribution in [3.8, 4) is 0 Å². The van der Waals surface area contributed by atoms with Gasteiger partial charge in [-0.1, -0.05) is 42.1 Å². The zero-order valence-corrected chi connectivity index (χ0v) is 12.1. The maximum Gasteiger partial charge on any atom is 0.333 e. The van der Waals surface area contributed by atoms with Crippen LogP contribution in [0.5, 0.6) is 0 Å². The number of carboxylic acids is 1. The molecule has 21 heavy (non-hydrogen) atoms. The Morgan fingerprint density at radius 3 is 2.71 bits per heavy atom. The average molecular weight is 306 g/mol. The first-order valence-electron chi connectivity index (χ1n) is 6.13. The Morgan fingerprint density at radius 1 is 1.38 bits per heavy atom. The smallest absolute Gasteiger partial charge is 0.333 e. The van der Waals surface area contributed by atoms with Gasteiger partial charge in [0, 0.05) is 12.4 Å². The number of thioether (sulfide) groups is 1. The summed E-state index contributed by atoms with van der Waals surface area (Å²) in [5.74, 6) is -1.50. The van der Waals surface area contributed by atoms with Crippen molar-refractivity contribution in [3.63, 3.8) is 0 Å². The van der Waals surface area contributed by atoms with Crippen molar-refractivity contribution < 1.29 is 19.4 Å². The van der Waals surface area contributed by atoms with Crippen LogP contribution in [0, 0.1) is 0 Å². The van der Waals surface area contributed by atoms with Gasteiger partial charge in [-0.05, 0) is 5.56 Å². The second-order valence-electron chi connectivity index (χ2n) is 4.14. The number of nitrogens with zero attached hydrogens (tertiary/aromatic N) is 2. The van der Waals surface area contributed by atoms with Crippen molar-refractivity contribution in [2.24, 2.45) is 0 Å². The largest absolute Gasteiger partial charge is 0.481 e. The van der Waals surface area contributed by atoms with E-state index in [1.54, 1.807) is 10.8 Å². The van der Waals surface area contributed by atoms with E-state index in [4.69, 9.17) is 9.84 Å². The van der Waals surface area contributed by atoms with Crippen molar-refractivity contribution >= 4 is 23.7 Å². The lowest BCUT2D eigenvalue weighted by atomic mass is 10.1. The normalized spacial score (nSPS) is 11.9. The van der Waals surface area contributed by atoms with Gasteiger partial charge in [0.05, 0.1) is 12.9 Å². The molecular formula is C14H14N2O4S. The Balaban J connectivity index is 2.36. The number of aliphatic carboxylic acids is 1. The summed E-state index contributed by atoms with van der Waals surface area (Å²) >= 11 is 1.06. The molecule has 0 radical (unpaired) electrons. The lowest BCUT2D eigenvalue weighted by Crippen LogP contribution is -2.22. The van der Waals surface area contributed by atoms with Gasteiger partial charge >= 0.3 is 11.9 Å². The number of ether oxygens (including phenoxy) is 1. The van der Waals surface area contributed by atoms with E-state index in [1.165, 1.54) is 13.3 Å². The number of esters is 1. The van der Waals surface area contributed by atoms with Gasteiger partial charge in [-0.15, -0.1) is 0 Å². The van der Waals surface area contributed by atoms with Crippen LogP contribution in [-0.2, 0) is 14.3 Å². The second kappa shape index (κ2) is 6.94. The topological polar surface area (TPSA) is 81.4 Å². The molecule has 1 aromatic carbocycles. The number of hydrogen-bond donors (Lipinski definition) is 1. The Labute approximate surface area is 125 Å². The number of carboxylic acid groups (broad SMARTS) is 1. The fraction of sp³-hybridized carbons (Fsp3) is 0.214. The molecule has 6 nitrogen and oxygen atoms in total. The number of carbonyl (C=O) groups excluding carboxylic acids is 1. The first-order chi connectivity index (χ1) is 10.1. The molecule has 0 aliphatic heterocycles. The van der Waals surface area contributed by atoms with E-state index in [2.05, 4.69) is 4.98 Å². The van der Waals surface area contributed by atoms with Crippen LogP contribution >= 0.6 is 11.8 Å². The summed E-state index contributed by atoms with van der Waals surface area (Å²) in [5.41, 5.74) is 0.750. The first-order valence-corrected chi connectivity index (χ1v) is 7.12. The molecule has 0 bridgehead atoms. The maximum absolute atomic E-state index is 12.1. The van der Waals surface area contributed by atoms with Crippen LogP contribution in [0.15, 0.2) is 47.9 Å². The molecule has 2 aromatic rings. The highest BCUT2D eigenvalue weighted by atomic mass is 32.2. The summed E-state index contributed by atoms with van der Waals surface area (Å²) in [4.78, 5) is 26.9. The molecule has 0 saturated heterocycles. The van der Waals surface area contributed by atoms with E-state index in [9.17, 15) is 9.59 Å². The lowest BCUT2D eigenvalue weighted by molar-refractivity contribution is -0.143. The highest BCUT2D eigenvalue weighted by Gasteiger charge is 2.25. The molecular weight excluding hydrogens is 292 g/mol. The molecule has 2 rings (SSSR count). The summed E-state index contributed by atoms with van der Waals surface area (Å²) in [6.45, 7) is 0. The Bertz CT molecular complexity index is 627. The highest BCUT2D eigenvalue weighted by molar-refractivity contribution is 7.99. The minimum Gasteiger partial charge on any atom is -0.481 e. The van der Waals surface area contributed by atoms with Crippen molar-refractivity contribution in [1.29, 1.82) is 0 Å². The number of methoxy groups -OCH3 is 1. The van der Waals surface area contributed by atoms with Gasteiger partial charge in [0.15, 0.2) is 11.2 Å². The molecule has 0 fully saturated rings. The molecule has 1 aromatic heterocycles. The van der Waals surface area contributed by atoms with Gasteiger partial charge in [0.25, 0.3) is 0 Å². The molecule has 0 spiro atoms. The molecule has 0 aliphatic carbocycles. The third-order valence-corrected chi connectivity index (χ3v) is 3.74. The van der Waals surface area contributed by atoms with Gasteiger partial charge in [-0.25, -0.2) is 9.78 Å². The van der Waals surface area contributed by atoms with Crippen molar-refractivity contribution in [3.05, 3.63) is 48.3 Å². The van der Waals surface area contributed by atoms with E-state index < -0.39 is 18.0 Å². The van der Waals surface area contributed by atoms with Crippen molar-refractivity contribution in [2.45, 2.75) is 11.2 Å². The average Bonchev–Trinajstić information content (AvgIpc) is 2.94. The number of carbonyl (C=O) groups is 2. The highest BCUT2D eigenvalue weighted by Crippen LogP contribution is 2.26. The van der Waals surface area contributed by atoms with Crippen molar-refractivity contribution in [2.75, 3.05) is 12.9 Å². The molecule has 0 saturated carbocycles. The lowest BCUT2D eigenvalue weighted by Gasteiger charge is -2.18. The third kappa shape index (κ3) is 3.63. The Hall–Kier alpha value is -2.28. The monoisotopic (exact) mass is 306 g/mol. The predicted octanol–water partition coefficient (Wildman–Crippen LogP) is 1.82. The molecule has 1 unspecified atom stereocenters. The third-order valence-electron chi connectivity index (χ3n) is 2.78. The summed E-state index contributed by atoms with van der Waals surface area (Å²) in [6.07, 6.45) is 3.17. The minimum absolute atomic E-state index is 0.125. The standard InChI is InChI=1S/C14H14N2O4S/c1-20-13(19)12(10-5-3-2-4-6-10)16-8-7-15-14(16)21-9-11(17)18/h2-8,12H,9H2,1H3,(H,17,18). The van der Waals surface area contributed by atoms with Gasteiger partial charge in [0.2, 0.25) is 0 Å². The number of hydrogen-bond acceptors (Lipinski definition) is 5. The fourth-order valence-corrected chi connectivity index (χ4v) is 2.59. The van der Waals surface area contributed by atoms with Gasteiger partial charge in [-0.3, -0.25) is 4.79 Å². The zero-order valence-electron chi connectivity index (χ0n) is 11.3. The van der Waals surface area contributed by atoms with Gasteiger partial charge in [0.1, 0.15) is 0 Å². The van der Waals surface area contributed by atoms with E-state index in [1.807, 2.05) is 30.3 Å². The minimum atomic E-state index is -0.941. The van der Waals surface area contributed by atoms with Crippen LogP contribution < -0.4 is 0 Å². The van der Waals surface area contributed by atoms with Crippen LogP contribution in [0.25, 0.3) is 0 Å². The number of imidazole rings is 1. The van der Waals surface area contributed by atoms with Crippen LogP contribution in [0.2, 0.25) is 0 Å². The van der Waals surface area contributed by atoms with Crippen LogP contribution in [0.3, 0.4) is 0 Å². The molecule has 110 valence electrons. The number of aromatic nitrogens is 2. The van der Waals surface area contributed by atoms with Gasteiger partial charge in [-0.2, -0.15) is 0 Å². The Morgan fingerprint density at radius 2 is 2.10 bits per heavy atom. The number of benzene rings is 1. The van der Waals surface area contributed by atoms with E-state index >= 15 is 0 Å². The molecule has 0 amide bonds. The summed E-state index contributed by atoms with van der Waals surface area (Å²) < 4.78 is 6.48. The summed E-state index contributed by atoms with van der Waals surface area (Å²) in [5, 5.41) is 9.22. The molecule has 0 aliphatic rings. The van der Waals surface area contributed by atoms with E-state index in [0.29, 0.717) is 5.16 Å². The molecule has 1 atom stereocenters. The van der Waals surface area contributed by atoms with Crippen LogP contribution in [-0.4, -0.2) is 39.5 Å². The second-order valence-corrected chi connectivity index (χ2v) is 5.08. The molecule has 1 N–H and O–H groups in total. The predicted molar refractivity (Wildman–Crippen MR) is 77.2 cm³/mol. The van der Waals surface area contributed by atoms with Crippen molar-refractivity contribution in [1.82, 2.24) is 9.55 Å². The SMILES string of the molecule is COC(=O)C(c1ccccc1)n1ccnc1SCC(=O)O. The van der Waals surface area contributed by atoms with Crippen LogP contribution in [0.1, 0.15) is 11.6 Å². The Kier molecular flexibility index (Phi) is 4.99. The zero-order chi connectivity index (χ0) is 15.2.